The average Bonchev–Trinajstić information content (AvgIpc) is 2.76. The fraction of sp³-hybridized carbons (Fsp3) is 1.00. The summed E-state index contributed by atoms with van der Waals surface area (Å²) in [5, 5.41) is 0. The summed E-state index contributed by atoms with van der Waals surface area (Å²) in [7, 11) is 0. The predicted octanol–water partition coefficient (Wildman–Crippen LogP) is 4.25. The third kappa shape index (κ3) is 1.78. The van der Waals surface area contributed by atoms with E-state index in [4.69, 9.17) is 2.74 Å². The standard InChI is InChI=1S/C13H24/c1-3-5-6-11-8-12-9-13(11)7-10(12)4-2/h10-13H,3-9H2,1-2H3/t10-,11+,12-,13-/m1/s1/i2D,7D/t7-,10+,11-,12+,13+/m0. The van der Waals surface area contributed by atoms with Gasteiger partial charge in [-0.2, -0.15) is 0 Å². The molecule has 0 unspecified atom stereocenters. The van der Waals surface area contributed by atoms with Crippen LogP contribution in [0.4, 0.5) is 0 Å². The van der Waals surface area contributed by atoms with Crippen LogP contribution in [-0.4, -0.2) is 0 Å². The molecule has 0 aromatic rings. The Kier molecular flexibility index (Phi) is 2.26. The summed E-state index contributed by atoms with van der Waals surface area (Å²) in [5.41, 5.74) is 0. The molecule has 2 fully saturated rings. The van der Waals surface area contributed by atoms with Gasteiger partial charge in [0.15, 0.2) is 0 Å². The summed E-state index contributed by atoms with van der Waals surface area (Å²) in [4.78, 5) is 0. The van der Waals surface area contributed by atoms with Gasteiger partial charge in [-0.3, -0.25) is 0 Å². The molecule has 0 radical (unpaired) electrons. The van der Waals surface area contributed by atoms with Crippen molar-refractivity contribution in [2.24, 2.45) is 23.7 Å². The highest BCUT2D eigenvalue weighted by Gasteiger charge is 2.44. The van der Waals surface area contributed by atoms with Gasteiger partial charge in [-0.25, -0.2) is 0 Å². The van der Waals surface area contributed by atoms with Crippen LogP contribution in [0.1, 0.15) is 61.5 Å². The maximum Gasteiger partial charge on any atom is 0.0272 e. The molecule has 0 saturated heterocycles. The Balaban J connectivity index is 1.88. The zero-order valence-corrected chi connectivity index (χ0v) is 8.84. The van der Waals surface area contributed by atoms with Crippen molar-refractivity contribution in [3.05, 3.63) is 0 Å². The van der Waals surface area contributed by atoms with Crippen LogP contribution < -0.4 is 0 Å². The summed E-state index contributed by atoms with van der Waals surface area (Å²) in [6, 6.07) is 0. The Morgan fingerprint density at radius 1 is 1.31 bits per heavy atom. The molecule has 0 heterocycles. The molecule has 5 atom stereocenters. The number of rotatable bonds is 4. The largest absolute Gasteiger partial charge is 0.0654 e. The summed E-state index contributed by atoms with van der Waals surface area (Å²) >= 11 is 0. The van der Waals surface area contributed by atoms with Crippen molar-refractivity contribution in [1.29, 1.82) is 0 Å². The molecular formula is C13H24. The number of unbranched alkanes of at least 4 members (excludes halogenated alkanes) is 1. The first-order valence-corrected chi connectivity index (χ1v) is 5.99. The zero-order valence-electron chi connectivity index (χ0n) is 10.8. The topological polar surface area (TPSA) is 0 Å². The SMILES string of the molecule is [2H]CC[C@H]1[C@@H]2C[C@H](CCCC)[C@@H](C2)[C@H]1[2H]. The second kappa shape index (κ2) is 4.02. The van der Waals surface area contributed by atoms with Gasteiger partial charge in [-0.05, 0) is 42.9 Å². The van der Waals surface area contributed by atoms with Crippen LogP contribution in [0.3, 0.4) is 0 Å². The predicted molar refractivity (Wildman–Crippen MR) is 57.6 cm³/mol. The average molecular weight is 182 g/mol. The smallest absolute Gasteiger partial charge is 0.0272 e. The van der Waals surface area contributed by atoms with E-state index in [1.54, 1.807) is 0 Å². The first kappa shape index (κ1) is 7.31. The van der Waals surface area contributed by atoms with Gasteiger partial charge in [0.2, 0.25) is 0 Å². The molecule has 0 aromatic carbocycles. The van der Waals surface area contributed by atoms with Gasteiger partial charge in [0, 0.05) is 2.74 Å². The fourth-order valence-corrected chi connectivity index (χ4v) is 3.39. The maximum atomic E-state index is 8.26. The van der Waals surface area contributed by atoms with E-state index in [0.29, 0.717) is 18.7 Å². The van der Waals surface area contributed by atoms with Crippen molar-refractivity contribution in [2.75, 3.05) is 0 Å². The third-order valence-corrected chi connectivity index (χ3v) is 4.15. The lowest BCUT2D eigenvalue weighted by Gasteiger charge is -2.27. The summed E-state index contributed by atoms with van der Waals surface area (Å²) in [6.07, 6.45) is 7.86. The highest BCUT2D eigenvalue weighted by atomic mass is 14.5. The lowest BCUT2D eigenvalue weighted by Crippen LogP contribution is -2.17. The van der Waals surface area contributed by atoms with Gasteiger partial charge in [0.05, 0.1) is 0 Å². The quantitative estimate of drug-likeness (QED) is 0.610. The Hall–Kier alpha value is 0. The lowest BCUT2D eigenvalue weighted by atomic mass is 9.79. The molecule has 0 aliphatic heterocycles. The van der Waals surface area contributed by atoms with Crippen molar-refractivity contribution in [3.63, 3.8) is 0 Å². The Bertz CT molecular complexity index is 201. The monoisotopic (exact) mass is 182 g/mol. The van der Waals surface area contributed by atoms with E-state index in [1.165, 1.54) is 32.1 Å². The van der Waals surface area contributed by atoms with E-state index in [1.807, 2.05) is 0 Å². The second-order valence-corrected chi connectivity index (χ2v) is 4.94. The van der Waals surface area contributed by atoms with E-state index in [-0.39, 0.29) is 6.40 Å². The summed E-state index contributed by atoms with van der Waals surface area (Å²) in [6.45, 7) is 2.79. The Morgan fingerprint density at radius 3 is 2.92 bits per heavy atom. The third-order valence-electron chi connectivity index (χ3n) is 4.15. The van der Waals surface area contributed by atoms with Crippen LogP contribution in [0.2, 0.25) is 0 Å². The van der Waals surface area contributed by atoms with Crippen LogP contribution in [0, 0.1) is 23.7 Å². The first-order chi connectivity index (χ1) is 7.27. The highest BCUT2D eigenvalue weighted by molar-refractivity contribution is 4.94. The molecule has 2 bridgehead atoms. The molecule has 13 heavy (non-hydrogen) atoms. The van der Waals surface area contributed by atoms with Gasteiger partial charge in [-0.15, -0.1) is 0 Å². The number of hydrogen-bond donors (Lipinski definition) is 0. The molecule has 76 valence electrons. The molecular weight excluding hydrogens is 156 g/mol. The van der Waals surface area contributed by atoms with E-state index in [2.05, 4.69) is 6.92 Å². The van der Waals surface area contributed by atoms with Crippen molar-refractivity contribution < 1.29 is 2.74 Å². The molecule has 2 rings (SSSR count). The molecule has 0 N–H and O–H groups in total. The van der Waals surface area contributed by atoms with Gasteiger partial charge in [0.25, 0.3) is 0 Å². The van der Waals surface area contributed by atoms with Gasteiger partial charge in [-0.1, -0.05) is 39.5 Å². The van der Waals surface area contributed by atoms with Crippen LogP contribution >= 0.6 is 0 Å². The number of fused-ring (bicyclic) bond motifs is 2. The normalized spacial score (nSPS) is 50.7. The summed E-state index contributed by atoms with van der Waals surface area (Å²) < 4.78 is 15.6. The lowest BCUT2D eigenvalue weighted by molar-refractivity contribution is 0.238. The van der Waals surface area contributed by atoms with Gasteiger partial charge in [0.1, 0.15) is 0 Å². The minimum Gasteiger partial charge on any atom is -0.0654 e. The Labute approximate surface area is 85.9 Å². The van der Waals surface area contributed by atoms with E-state index in [0.717, 1.165) is 18.3 Å². The zero-order chi connectivity index (χ0) is 10.8. The molecule has 0 heteroatoms. The molecule has 0 spiro atoms. The molecule has 2 aliphatic carbocycles. The minimum atomic E-state index is 0.177. The molecule has 0 amide bonds. The number of hydrogen-bond acceptors (Lipinski definition) is 0. The molecule has 2 saturated carbocycles. The first-order valence-electron chi connectivity index (χ1n) is 7.27. The second-order valence-electron chi connectivity index (χ2n) is 4.94. The fourth-order valence-electron chi connectivity index (χ4n) is 3.39. The van der Waals surface area contributed by atoms with Crippen LogP contribution in [0.15, 0.2) is 0 Å². The van der Waals surface area contributed by atoms with E-state index >= 15 is 0 Å². The van der Waals surface area contributed by atoms with E-state index < -0.39 is 0 Å². The van der Waals surface area contributed by atoms with Gasteiger partial charge < -0.3 is 0 Å². The van der Waals surface area contributed by atoms with Crippen molar-refractivity contribution in [2.45, 2.75) is 58.7 Å². The van der Waals surface area contributed by atoms with Crippen molar-refractivity contribution >= 4 is 0 Å². The summed E-state index contributed by atoms with van der Waals surface area (Å²) in [5.74, 6) is 2.94. The van der Waals surface area contributed by atoms with Crippen LogP contribution in [-0.2, 0) is 0 Å². The van der Waals surface area contributed by atoms with Gasteiger partial charge >= 0.3 is 0 Å². The molecule has 0 aromatic heterocycles. The molecule has 0 nitrogen and oxygen atoms in total. The van der Waals surface area contributed by atoms with Crippen molar-refractivity contribution in [3.8, 4) is 0 Å². The maximum absolute atomic E-state index is 8.26. The minimum absolute atomic E-state index is 0.177. The van der Waals surface area contributed by atoms with Crippen LogP contribution in [0.25, 0.3) is 0 Å². The van der Waals surface area contributed by atoms with Crippen molar-refractivity contribution in [1.82, 2.24) is 0 Å². The van der Waals surface area contributed by atoms with Crippen LogP contribution in [0.5, 0.6) is 0 Å². The Morgan fingerprint density at radius 2 is 2.23 bits per heavy atom. The molecule has 2 aliphatic rings. The highest BCUT2D eigenvalue weighted by Crippen LogP contribution is 2.54. The van der Waals surface area contributed by atoms with E-state index in [9.17, 15) is 0 Å².